The second-order valence-corrected chi connectivity index (χ2v) is 5.30. The predicted molar refractivity (Wildman–Crippen MR) is 74.5 cm³/mol. The molecule has 0 aromatic carbocycles. The Morgan fingerprint density at radius 1 is 1.40 bits per heavy atom. The van der Waals surface area contributed by atoms with Crippen LogP contribution < -0.4 is 5.32 Å². The largest absolute Gasteiger partial charge is 0.480 e. The molecule has 0 saturated carbocycles. The molecule has 6 heteroatoms. The zero-order valence-corrected chi connectivity index (χ0v) is 12.1. The first-order chi connectivity index (χ1) is 9.38. The fraction of sp³-hybridized carbons (Fsp3) is 0.571. The van der Waals surface area contributed by atoms with Gasteiger partial charge in [0.05, 0.1) is 6.26 Å². The van der Waals surface area contributed by atoms with E-state index in [1.807, 2.05) is 26.8 Å². The van der Waals surface area contributed by atoms with Gasteiger partial charge >= 0.3 is 12.0 Å². The number of aliphatic carboxylic acids is 1. The van der Waals surface area contributed by atoms with Crippen molar-refractivity contribution in [3.8, 4) is 0 Å². The third-order valence-electron chi connectivity index (χ3n) is 2.66. The van der Waals surface area contributed by atoms with E-state index in [0.717, 1.165) is 5.76 Å². The van der Waals surface area contributed by atoms with E-state index in [1.54, 1.807) is 12.3 Å². The van der Waals surface area contributed by atoms with Crippen LogP contribution in [0.2, 0.25) is 0 Å². The fourth-order valence-corrected chi connectivity index (χ4v) is 1.91. The zero-order valence-electron chi connectivity index (χ0n) is 12.1. The van der Waals surface area contributed by atoms with Crippen LogP contribution in [0.1, 0.15) is 26.5 Å². The van der Waals surface area contributed by atoms with Gasteiger partial charge < -0.3 is 19.7 Å². The van der Waals surface area contributed by atoms with E-state index in [1.165, 1.54) is 4.90 Å². The average molecular weight is 282 g/mol. The van der Waals surface area contributed by atoms with Crippen molar-refractivity contribution < 1.29 is 19.1 Å². The van der Waals surface area contributed by atoms with Gasteiger partial charge in [-0.25, -0.2) is 4.79 Å². The lowest BCUT2D eigenvalue weighted by Gasteiger charge is -2.25. The van der Waals surface area contributed by atoms with Gasteiger partial charge in [0.25, 0.3) is 0 Å². The standard InChI is InChI=1S/C14H22N2O4/c1-10(2)8-16(9-13(17)18)14(19)15-11(3)7-12-5-4-6-20-12/h4-6,10-11H,7-9H2,1-3H3,(H,15,19)(H,17,18). The van der Waals surface area contributed by atoms with Crippen molar-refractivity contribution in [2.75, 3.05) is 13.1 Å². The van der Waals surface area contributed by atoms with E-state index < -0.39 is 5.97 Å². The number of carbonyl (C=O) groups is 2. The van der Waals surface area contributed by atoms with Gasteiger partial charge in [0.15, 0.2) is 0 Å². The summed E-state index contributed by atoms with van der Waals surface area (Å²) in [6.07, 6.45) is 2.15. The van der Waals surface area contributed by atoms with Crippen molar-refractivity contribution in [3.05, 3.63) is 24.2 Å². The lowest BCUT2D eigenvalue weighted by Crippen LogP contribution is -2.47. The SMILES string of the molecule is CC(C)CN(CC(=O)O)C(=O)NC(C)Cc1ccco1. The van der Waals surface area contributed by atoms with Crippen LogP contribution in [0.5, 0.6) is 0 Å². The summed E-state index contributed by atoms with van der Waals surface area (Å²) in [5.41, 5.74) is 0. The second-order valence-electron chi connectivity index (χ2n) is 5.30. The summed E-state index contributed by atoms with van der Waals surface area (Å²) in [6, 6.07) is 3.14. The molecule has 1 aromatic rings. The molecule has 1 aromatic heterocycles. The molecule has 1 atom stereocenters. The summed E-state index contributed by atoms with van der Waals surface area (Å²) < 4.78 is 5.22. The number of carboxylic acid groups (broad SMARTS) is 1. The monoisotopic (exact) mass is 282 g/mol. The number of hydrogen-bond acceptors (Lipinski definition) is 3. The Morgan fingerprint density at radius 3 is 2.60 bits per heavy atom. The molecule has 1 rings (SSSR count). The molecule has 112 valence electrons. The first kappa shape index (κ1) is 16.1. The Morgan fingerprint density at radius 2 is 2.10 bits per heavy atom. The quantitative estimate of drug-likeness (QED) is 0.801. The number of carboxylic acids is 1. The van der Waals surface area contributed by atoms with Crippen molar-refractivity contribution in [1.29, 1.82) is 0 Å². The smallest absolute Gasteiger partial charge is 0.323 e. The zero-order chi connectivity index (χ0) is 15.1. The van der Waals surface area contributed by atoms with Crippen LogP contribution in [0, 0.1) is 5.92 Å². The van der Waals surface area contributed by atoms with Crippen molar-refractivity contribution in [1.82, 2.24) is 10.2 Å². The molecule has 2 amide bonds. The highest BCUT2D eigenvalue weighted by Gasteiger charge is 2.19. The van der Waals surface area contributed by atoms with E-state index >= 15 is 0 Å². The van der Waals surface area contributed by atoms with Gasteiger partial charge in [-0.3, -0.25) is 4.79 Å². The van der Waals surface area contributed by atoms with Crippen molar-refractivity contribution >= 4 is 12.0 Å². The number of amides is 2. The van der Waals surface area contributed by atoms with Gasteiger partial charge in [0.1, 0.15) is 12.3 Å². The molecule has 6 nitrogen and oxygen atoms in total. The van der Waals surface area contributed by atoms with Crippen LogP contribution in [0.3, 0.4) is 0 Å². The predicted octanol–water partition coefficient (Wildman–Crippen LogP) is 1.96. The summed E-state index contributed by atoms with van der Waals surface area (Å²) in [5.74, 6) is -0.0218. The summed E-state index contributed by atoms with van der Waals surface area (Å²) in [5, 5.41) is 11.6. The van der Waals surface area contributed by atoms with Crippen molar-refractivity contribution in [2.24, 2.45) is 5.92 Å². The summed E-state index contributed by atoms with van der Waals surface area (Å²) in [7, 11) is 0. The molecule has 1 heterocycles. The third-order valence-corrected chi connectivity index (χ3v) is 2.66. The van der Waals surface area contributed by atoms with E-state index in [0.29, 0.717) is 13.0 Å². The molecule has 20 heavy (non-hydrogen) atoms. The highest BCUT2D eigenvalue weighted by atomic mass is 16.4. The molecule has 0 spiro atoms. The molecule has 0 aliphatic heterocycles. The van der Waals surface area contributed by atoms with Crippen LogP contribution in [0.25, 0.3) is 0 Å². The number of urea groups is 1. The molecular weight excluding hydrogens is 260 g/mol. The molecule has 0 aliphatic rings. The molecule has 0 radical (unpaired) electrons. The maximum atomic E-state index is 12.1. The van der Waals surface area contributed by atoms with Gasteiger partial charge in [0, 0.05) is 19.0 Å². The minimum Gasteiger partial charge on any atom is -0.480 e. The summed E-state index contributed by atoms with van der Waals surface area (Å²) >= 11 is 0. The molecule has 1 unspecified atom stereocenters. The molecular formula is C14H22N2O4. The summed E-state index contributed by atoms with van der Waals surface area (Å²) in [6.45, 7) is 5.85. The van der Waals surface area contributed by atoms with Gasteiger partial charge in [-0.15, -0.1) is 0 Å². The number of nitrogens with zero attached hydrogens (tertiary/aromatic N) is 1. The maximum absolute atomic E-state index is 12.1. The minimum atomic E-state index is -1.01. The van der Waals surface area contributed by atoms with Gasteiger partial charge in [-0.2, -0.15) is 0 Å². The van der Waals surface area contributed by atoms with E-state index in [4.69, 9.17) is 9.52 Å². The minimum absolute atomic E-state index is 0.128. The number of carbonyl (C=O) groups excluding carboxylic acids is 1. The number of rotatable bonds is 7. The first-order valence-corrected chi connectivity index (χ1v) is 6.68. The van der Waals surface area contributed by atoms with Crippen LogP contribution >= 0.6 is 0 Å². The van der Waals surface area contributed by atoms with E-state index in [2.05, 4.69) is 5.32 Å². The Labute approximate surface area is 118 Å². The maximum Gasteiger partial charge on any atom is 0.323 e. The van der Waals surface area contributed by atoms with Crippen molar-refractivity contribution in [3.63, 3.8) is 0 Å². The Hall–Kier alpha value is -1.98. The second kappa shape index (κ2) is 7.57. The number of hydrogen-bond donors (Lipinski definition) is 2. The van der Waals surface area contributed by atoms with Gasteiger partial charge in [-0.1, -0.05) is 13.8 Å². The first-order valence-electron chi connectivity index (χ1n) is 6.68. The lowest BCUT2D eigenvalue weighted by atomic mass is 10.2. The van der Waals surface area contributed by atoms with Crippen LogP contribution in [-0.2, 0) is 11.2 Å². The van der Waals surface area contributed by atoms with Gasteiger partial charge in [-0.05, 0) is 25.0 Å². The Bertz CT molecular complexity index is 428. The van der Waals surface area contributed by atoms with E-state index in [9.17, 15) is 9.59 Å². The highest BCUT2D eigenvalue weighted by Crippen LogP contribution is 2.05. The highest BCUT2D eigenvalue weighted by molar-refractivity contribution is 5.80. The normalized spacial score (nSPS) is 12.2. The number of nitrogens with one attached hydrogen (secondary N) is 1. The third kappa shape index (κ3) is 5.77. The molecule has 0 saturated heterocycles. The molecule has 2 N–H and O–H groups in total. The number of furan rings is 1. The molecule has 0 fully saturated rings. The lowest BCUT2D eigenvalue weighted by molar-refractivity contribution is -0.137. The Kier molecular flexibility index (Phi) is 6.09. The average Bonchev–Trinajstić information content (AvgIpc) is 2.79. The van der Waals surface area contributed by atoms with Crippen LogP contribution in [0.15, 0.2) is 22.8 Å². The van der Waals surface area contributed by atoms with Crippen LogP contribution in [0.4, 0.5) is 4.79 Å². The topological polar surface area (TPSA) is 82.8 Å². The van der Waals surface area contributed by atoms with Crippen molar-refractivity contribution in [2.45, 2.75) is 33.2 Å². The molecule has 0 aliphatic carbocycles. The van der Waals surface area contributed by atoms with Gasteiger partial charge in [0.2, 0.25) is 0 Å². The fourth-order valence-electron chi connectivity index (χ4n) is 1.91. The summed E-state index contributed by atoms with van der Waals surface area (Å²) in [4.78, 5) is 24.2. The van der Waals surface area contributed by atoms with Crippen LogP contribution in [-0.4, -0.2) is 41.1 Å². The Balaban J connectivity index is 2.53. The molecule has 0 bridgehead atoms. The van der Waals surface area contributed by atoms with E-state index in [-0.39, 0.29) is 24.5 Å².